The summed E-state index contributed by atoms with van der Waals surface area (Å²) in [7, 11) is 0. The molecule has 1 aromatic heterocycles. The van der Waals surface area contributed by atoms with E-state index >= 15 is 0 Å². The average Bonchev–Trinajstić information content (AvgIpc) is 2.26. The molecule has 0 aliphatic heterocycles. The molecule has 2 aromatic rings. The molecule has 0 spiro atoms. The molecule has 0 amide bonds. The average molecular weight is 391 g/mol. The van der Waals surface area contributed by atoms with E-state index in [1.807, 2.05) is 53.8 Å². The molecular weight excluding hydrogens is 383 g/mol. The molecule has 0 saturated carbocycles. The maximum atomic E-state index is 11.6. The van der Waals surface area contributed by atoms with Crippen LogP contribution >= 0.6 is 38.5 Å². The Morgan fingerprint density at radius 1 is 1.31 bits per heavy atom. The molecule has 0 fully saturated rings. The number of aromatic nitrogens is 2. The van der Waals surface area contributed by atoms with Gasteiger partial charge >= 0.3 is 0 Å². The van der Waals surface area contributed by atoms with E-state index in [0.717, 1.165) is 15.7 Å². The Morgan fingerprint density at radius 3 is 2.50 bits per heavy atom. The van der Waals surface area contributed by atoms with Crippen molar-refractivity contribution in [3.8, 4) is 11.4 Å². The van der Waals surface area contributed by atoms with Gasteiger partial charge in [-0.25, -0.2) is 4.98 Å². The predicted octanol–water partition coefficient (Wildman–Crippen LogP) is 3.11. The van der Waals surface area contributed by atoms with Crippen molar-refractivity contribution < 1.29 is 0 Å². The molecule has 0 unspecified atom stereocenters. The Labute approximate surface area is 115 Å². The van der Waals surface area contributed by atoms with Gasteiger partial charge in [-0.1, -0.05) is 28.1 Å². The third-order valence-corrected chi connectivity index (χ3v) is 3.95. The minimum atomic E-state index is -0.0916. The number of aryl methyl sites for hydroxylation is 1. The first-order valence-corrected chi connectivity index (χ1v) is 6.47. The zero-order valence-corrected chi connectivity index (χ0v) is 12.2. The molecule has 2 rings (SSSR count). The lowest BCUT2D eigenvalue weighted by molar-refractivity contribution is 1.05. The molecule has 16 heavy (non-hydrogen) atoms. The molecule has 0 aliphatic rings. The van der Waals surface area contributed by atoms with Crippen LogP contribution in [-0.4, -0.2) is 9.97 Å². The van der Waals surface area contributed by atoms with Crippen LogP contribution in [0.5, 0.6) is 0 Å². The van der Waals surface area contributed by atoms with Crippen molar-refractivity contribution in [1.82, 2.24) is 9.97 Å². The summed E-state index contributed by atoms with van der Waals surface area (Å²) in [6.07, 6.45) is 0. The predicted molar refractivity (Wildman–Crippen MR) is 75.4 cm³/mol. The monoisotopic (exact) mass is 390 g/mol. The molecule has 5 heteroatoms. The minimum Gasteiger partial charge on any atom is -0.306 e. The van der Waals surface area contributed by atoms with Crippen LogP contribution < -0.4 is 5.56 Å². The van der Waals surface area contributed by atoms with Gasteiger partial charge in [0.05, 0.1) is 9.26 Å². The number of nitrogens with zero attached hydrogens (tertiary/aromatic N) is 1. The third kappa shape index (κ3) is 2.35. The number of aromatic amines is 1. The van der Waals surface area contributed by atoms with E-state index in [1.54, 1.807) is 0 Å². The van der Waals surface area contributed by atoms with Gasteiger partial charge in [-0.05, 0) is 41.6 Å². The van der Waals surface area contributed by atoms with Gasteiger partial charge in [0.2, 0.25) is 0 Å². The van der Waals surface area contributed by atoms with Gasteiger partial charge in [-0.3, -0.25) is 4.79 Å². The zero-order valence-electron chi connectivity index (χ0n) is 8.42. The molecule has 1 heterocycles. The maximum Gasteiger partial charge on any atom is 0.264 e. The first kappa shape index (κ1) is 11.8. The Hall–Kier alpha value is -0.690. The number of halogens is 2. The Morgan fingerprint density at radius 2 is 1.94 bits per heavy atom. The molecule has 82 valence electrons. The summed E-state index contributed by atoms with van der Waals surface area (Å²) in [6.45, 7) is 1.83. The quantitative estimate of drug-likeness (QED) is 0.760. The van der Waals surface area contributed by atoms with Crippen LogP contribution in [0, 0.1) is 10.5 Å². The number of hydrogen-bond donors (Lipinski definition) is 1. The van der Waals surface area contributed by atoms with Crippen LogP contribution in [0.3, 0.4) is 0 Å². The number of rotatable bonds is 1. The highest BCUT2D eigenvalue weighted by molar-refractivity contribution is 14.1. The van der Waals surface area contributed by atoms with E-state index < -0.39 is 0 Å². The highest BCUT2D eigenvalue weighted by Crippen LogP contribution is 2.18. The fourth-order valence-corrected chi connectivity index (χ4v) is 1.84. The topological polar surface area (TPSA) is 45.8 Å². The highest BCUT2D eigenvalue weighted by Gasteiger charge is 2.06. The second kappa shape index (κ2) is 4.67. The van der Waals surface area contributed by atoms with Crippen LogP contribution in [0.1, 0.15) is 5.69 Å². The molecule has 0 aliphatic carbocycles. The minimum absolute atomic E-state index is 0.0916. The summed E-state index contributed by atoms with van der Waals surface area (Å²) in [4.78, 5) is 18.7. The molecule has 0 atom stereocenters. The fraction of sp³-hybridized carbons (Fsp3) is 0.0909. The molecule has 0 bridgehead atoms. The standard InChI is InChI=1S/C11H8BrIN2O/c1-6-9(13)11(16)15-10(14-6)7-2-4-8(12)5-3-7/h2-5H,1H3,(H,14,15,16). The molecular formula is C11H8BrIN2O. The van der Waals surface area contributed by atoms with Crippen LogP contribution in [0.25, 0.3) is 11.4 Å². The van der Waals surface area contributed by atoms with Crippen molar-refractivity contribution >= 4 is 38.5 Å². The van der Waals surface area contributed by atoms with Crippen molar-refractivity contribution in [3.63, 3.8) is 0 Å². The van der Waals surface area contributed by atoms with Crippen LogP contribution in [0.2, 0.25) is 0 Å². The van der Waals surface area contributed by atoms with E-state index in [0.29, 0.717) is 9.39 Å². The molecule has 3 nitrogen and oxygen atoms in total. The Bertz CT molecular complexity index is 578. The number of nitrogens with one attached hydrogen (secondary N) is 1. The summed E-state index contributed by atoms with van der Waals surface area (Å²) < 4.78 is 1.64. The second-order valence-corrected chi connectivity index (χ2v) is 5.32. The van der Waals surface area contributed by atoms with E-state index in [-0.39, 0.29) is 5.56 Å². The summed E-state index contributed by atoms with van der Waals surface area (Å²) in [6, 6.07) is 7.66. The lowest BCUT2D eigenvalue weighted by Crippen LogP contribution is -2.14. The SMILES string of the molecule is Cc1nc(-c2ccc(Br)cc2)[nH]c(=O)c1I. The fourth-order valence-electron chi connectivity index (χ4n) is 1.32. The normalized spacial score (nSPS) is 10.4. The Kier molecular flexibility index (Phi) is 3.44. The van der Waals surface area contributed by atoms with Crippen molar-refractivity contribution in [2.45, 2.75) is 6.92 Å². The Balaban J connectivity index is 2.57. The molecule has 1 aromatic carbocycles. The molecule has 1 N–H and O–H groups in total. The zero-order chi connectivity index (χ0) is 11.7. The second-order valence-electron chi connectivity index (χ2n) is 3.32. The summed E-state index contributed by atoms with van der Waals surface area (Å²) in [5.74, 6) is 0.607. The van der Waals surface area contributed by atoms with Gasteiger partial charge < -0.3 is 4.98 Å². The van der Waals surface area contributed by atoms with Crippen LogP contribution in [0.4, 0.5) is 0 Å². The first-order valence-electron chi connectivity index (χ1n) is 4.60. The van der Waals surface area contributed by atoms with Gasteiger partial charge in [0.15, 0.2) is 0 Å². The smallest absolute Gasteiger partial charge is 0.264 e. The van der Waals surface area contributed by atoms with Crippen molar-refractivity contribution in [3.05, 3.63) is 48.4 Å². The van der Waals surface area contributed by atoms with Crippen LogP contribution in [0.15, 0.2) is 33.5 Å². The van der Waals surface area contributed by atoms with Crippen molar-refractivity contribution in [1.29, 1.82) is 0 Å². The van der Waals surface area contributed by atoms with Gasteiger partial charge in [0, 0.05) is 10.0 Å². The van der Waals surface area contributed by atoms with Gasteiger partial charge in [0.1, 0.15) is 5.82 Å². The highest BCUT2D eigenvalue weighted by atomic mass is 127. The van der Waals surface area contributed by atoms with Crippen LogP contribution in [-0.2, 0) is 0 Å². The van der Waals surface area contributed by atoms with Gasteiger partial charge in [-0.2, -0.15) is 0 Å². The number of hydrogen-bond acceptors (Lipinski definition) is 2. The van der Waals surface area contributed by atoms with E-state index in [9.17, 15) is 4.79 Å². The van der Waals surface area contributed by atoms with Crippen molar-refractivity contribution in [2.75, 3.05) is 0 Å². The van der Waals surface area contributed by atoms with E-state index in [2.05, 4.69) is 25.9 Å². The third-order valence-electron chi connectivity index (χ3n) is 2.15. The van der Waals surface area contributed by atoms with Gasteiger partial charge in [-0.15, -0.1) is 0 Å². The van der Waals surface area contributed by atoms with E-state index in [4.69, 9.17) is 0 Å². The lowest BCUT2D eigenvalue weighted by Gasteiger charge is -2.03. The molecule has 0 saturated heterocycles. The largest absolute Gasteiger partial charge is 0.306 e. The van der Waals surface area contributed by atoms with Crippen molar-refractivity contribution in [2.24, 2.45) is 0 Å². The van der Waals surface area contributed by atoms with Gasteiger partial charge in [0.25, 0.3) is 5.56 Å². The number of H-pyrrole nitrogens is 1. The van der Waals surface area contributed by atoms with E-state index in [1.165, 1.54) is 0 Å². The first-order chi connectivity index (χ1) is 7.58. The molecule has 0 radical (unpaired) electrons. The summed E-state index contributed by atoms with van der Waals surface area (Å²) >= 11 is 5.36. The maximum absolute atomic E-state index is 11.6. The number of benzene rings is 1. The summed E-state index contributed by atoms with van der Waals surface area (Å²) in [5.41, 5.74) is 1.56. The summed E-state index contributed by atoms with van der Waals surface area (Å²) in [5, 5.41) is 0. The lowest BCUT2D eigenvalue weighted by atomic mass is 10.2.